The number of benzene rings is 3. The van der Waals surface area contributed by atoms with Gasteiger partial charge in [0.25, 0.3) is 0 Å². The summed E-state index contributed by atoms with van der Waals surface area (Å²) in [7, 11) is -1.45. The molecule has 0 radical (unpaired) electrons. The first-order valence-corrected chi connectivity index (χ1v) is 16.1. The van der Waals surface area contributed by atoms with Gasteiger partial charge in [-0.2, -0.15) is 0 Å². The van der Waals surface area contributed by atoms with E-state index in [2.05, 4.69) is 0 Å². The number of fused-ring (bicyclic) bond motifs is 1. The maximum absolute atomic E-state index is 13.8. The molecule has 0 aromatic heterocycles. The zero-order chi connectivity index (χ0) is 29.5. The number of methoxy groups -OCH3 is 1. The molecule has 3 aromatic rings. The molecule has 0 saturated carbocycles. The number of carbonyl (C=O) groups excluding carboxylic acids is 1. The normalized spacial score (nSPS) is 20.4. The molecular formula is C32H36ClNO6S. The lowest BCUT2D eigenvalue weighted by molar-refractivity contribution is -0.118. The van der Waals surface area contributed by atoms with Crippen LogP contribution in [0.1, 0.15) is 61.9 Å². The molecule has 1 amide bonds. The number of hydrogen-bond acceptors (Lipinski definition) is 6. The fourth-order valence-corrected chi connectivity index (χ4v) is 7.59. The van der Waals surface area contributed by atoms with Crippen molar-refractivity contribution < 1.29 is 27.8 Å². The Labute approximate surface area is 247 Å². The predicted octanol–water partition coefficient (Wildman–Crippen LogP) is 5.85. The van der Waals surface area contributed by atoms with Gasteiger partial charge in [0.15, 0.2) is 11.5 Å². The second-order valence-electron chi connectivity index (χ2n) is 11.4. The van der Waals surface area contributed by atoms with Gasteiger partial charge in [-0.1, -0.05) is 35.9 Å². The summed E-state index contributed by atoms with van der Waals surface area (Å²) in [5.74, 6) is 1.12. The molecule has 0 aliphatic carbocycles. The van der Waals surface area contributed by atoms with Gasteiger partial charge in [0.1, 0.15) is 9.84 Å². The maximum atomic E-state index is 13.8. The van der Waals surface area contributed by atoms with E-state index >= 15 is 0 Å². The van der Waals surface area contributed by atoms with Gasteiger partial charge in [-0.05, 0) is 98.2 Å². The fraction of sp³-hybridized carbons (Fsp3) is 0.406. The number of ether oxygens (including phenoxy) is 2. The van der Waals surface area contributed by atoms with Crippen molar-refractivity contribution in [1.82, 2.24) is 0 Å². The van der Waals surface area contributed by atoms with E-state index in [0.717, 1.165) is 16.7 Å². The first-order chi connectivity index (χ1) is 19.4. The van der Waals surface area contributed by atoms with Gasteiger partial charge in [-0.3, -0.25) is 4.79 Å². The third-order valence-electron chi connectivity index (χ3n) is 8.22. The average molecular weight is 598 g/mol. The molecule has 41 heavy (non-hydrogen) atoms. The highest BCUT2D eigenvalue weighted by atomic mass is 35.5. The van der Waals surface area contributed by atoms with Gasteiger partial charge in [-0.15, -0.1) is 0 Å². The predicted molar refractivity (Wildman–Crippen MR) is 161 cm³/mol. The Balaban J connectivity index is 1.55. The van der Waals surface area contributed by atoms with Crippen molar-refractivity contribution >= 4 is 33.0 Å². The number of amides is 1. The molecule has 2 heterocycles. The average Bonchev–Trinajstić information content (AvgIpc) is 2.92. The van der Waals surface area contributed by atoms with Crippen molar-refractivity contribution in [3.8, 4) is 11.5 Å². The van der Waals surface area contributed by atoms with Crippen LogP contribution in [-0.4, -0.2) is 44.2 Å². The Morgan fingerprint density at radius 3 is 2.22 bits per heavy atom. The molecule has 1 fully saturated rings. The van der Waals surface area contributed by atoms with Crippen LogP contribution in [0.15, 0.2) is 60.7 Å². The zero-order valence-corrected chi connectivity index (χ0v) is 25.3. The minimum atomic E-state index is -3.04. The van der Waals surface area contributed by atoms with E-state index in [-0.39, 0.29) is 35.9 Å². The lowest BCUT2D eigenvalue weighted by Crippen LogP contribution is -2.41. The number of sulfone groups is 1. The van der Waals surface area contributed by atoms with Crippen molar-refractivity contribution in [3.63, 3.8) is 0 Å². The number of rotatable bonds is 7. The van der Waals surface area contributed by atoms with Crippen LogP contribution in [0.25, 0.3) is 0 Å². The highest BCUT2D eigenvalue weighted by molar-refractivity contribution is 7.91. The van der Waals surface area contributed by atoms with E-state index in [1.165, 1.54) is 0 Å². The van der Waals surface area contributed by atoms with E-state index in [1.54, 1.807) is 18.9 Å². The van der Waals surface area contributed by atoms with Gasteiger partial charge < -0.3 is 19.5 Å². The molecular weight excluding hydrogens is 562 g/mol. The van der Waals surface area contributed by atoms with E-state index in [9.17, 15) is 18.3 Å². The maximum Gasteiger partial charge on any atom is 0.232 e. The summed E-state index contributed by atoms with van der Waals surface area (Å²) in [6, 6.07) is 18.2. The van der Waals surface area contributed by atoms with E-state index in [4.69, 9.17) is 21.1 Å². The summed E-state index contributed by atoms with van der Waals surface area (Å²) in [5, 5.41) is 12.1. The summed E-state index contributed by atoms with van der Waals surface area (Å²) >= 11 is 6.22. The first kappa shape index (κ1) is 29.4. The molecule has 2 aliphatic rings. The lowest BCUT2D eigenvalue weighted by atomic mass is 9.79. The quantitative estimate of drug-likeness (QED) is 0.367. The summed E-state index contributed by atoms with van der Waals surface area (Å²) in [6.45, 7) is 5.65. The van der Waals surface area contributed by atoms with Crippen LogP contribution in [-0.2, 0) is 26.7 Å². The van der Waals surface area contributed by atoms with Gasteiger partial charge in [-0.25, -0.2) is 8.42 Å². The third kappa shape index (κ3) is 5.96. The highest BCUT2D eigenvalue weighted by Gasteiger charge is 2.39. The van der Waals surface area contributed by atoms with Crippen LogP contribution in [0.4, 0.5) is 5.69 Å². The summed E-state index contributed by atoms with van der Waals surface area (Å²) in [4.78, 5) is 15.6. The summed E-state index contributed by atoms with van der Waals surface area (Å²) in [6.07, 6.45) is 0.957. The Bertz CT molecular complexity index is 1520. The molecule has 0 unspecified atom stereocenters. The van der Waals surface area contributed by atoms with Gasteiger partial charge in [0, 0.05) is 10.7 Å². The van der Waals surface area contributed by atoms with Crippen LogP contribution in [0.5, 0.6) is 11.5 Å². The Morgan fingerprint density at radius 1 is 1.00 bits per heavy atom. The summed E-state index contributed by atoms with van der Waals surface area (Å²) in [5.41, 5.74) is 2.88. The molecule has 218 valence electrons. The van der Waals surface area contributed by atoms with Crippen LogP contribution in [0.3, 0.4) is 0 Å². The second kappa shape index (κ2) is 11.3. The number of anilines is 1. The number of carbonyl (C=O) groups is 1. The Morgan fingerprint density at radius 2 is 1.63 bits per heavy atom. The Hall–Kier alpha value is -3.07. The zero-order valence-electron chi connectivity index (χ0n) is 23.8. The molecule has 0 bridgehead atoms. The number of halogens is 1. The van der Waals surface area contributed by atoms with Crippen LogP contribution in [0, 0.1) is 5.92 Å². The van der Waals surface area contributed by atoms with Crippen molar-refractivity contribution in [1.29, 1.82) is 0 Å². The smallest absolute Gasteiger partial charge is 0.232 e. The molecule has 7 nitrogen and oxygen atoms in total. The second-order valence-corrected chi connectivity index (χ2v) is 14.1. The van der Waals surface area contributed by atoms with E-state index in [0.29, 0.717) is 40.6 Å². The van der Waals surface area contributed by atoms with Gasteiger partial charge in [0.05, 0.1) is 42.8 Å². The number of aliphatic hydroxyl groups is 1. The molecule has 1 N–H and O–H groups in total. The molecule has 2 aliphatic heterocycles. The standard InChI is InChI=1S/C32H36ClNO6S/c1-20(2)40-29-19-27-22(17-28(29)39-4)18-30(35)34(31(27)21-5-9-25(33)10-6-21)26-11-7-23(8-12-26)32(3,36)24-13-15-41(37,38)16-14-24/h5-12,17,19-20,24,31,36H,13-16,18H2,1-4H3/t31-,32-/m0/s1. The molecule has 1 saturated heterocycles. The third-order valence-corrected chi connectivity index (χ3v) is 10.2. The minimum absolute atomic E-state index is 0.0677. The van der Waals surface area contributed by atoms with Gasteiger partial charge >= 0.3 is 0 Å². The minimum Gasteiger partial charge on any atom is -0.493 e. The molecule has 9 heteroatoms. The Kier molecular flexibility index (Phi) is 8.12. The summed E-state index contributed by atoms with van der Waals surface area (Å²) < 4.78 is 35.5. The number of nitrogens with zero attached hydrogens (tertiary/aromatic N) is 1. The highest BCUT2D eigenvalue weighted by Crippen LogP contribution is 2.44. The van der Waals surface area contributed by atoms with Crippen LogP contribution < -0.4 is 14.4 Å². The number of hydrogen-bond donors (Lipinski definition) is 1. The van der Waals surface area contributed by atoms with Crippen molar-refractivity contribution in [2.45, 2.75) is 57.8 Å². The molecule has 2 atom stereocenters. The largest absolute Gasteiger partial charge is 0.493 e. The van der Waals surface area contributed by atoms with Crippen molar-refractivity contribution in [3.05, 3.63) is 87.9 Å². The topological polar surface area (TPSA) is 93.1 Å². The van der Waals surface area contributed by atoms with Gasteiger partial charge in [0.2, 0.25) is 5.91 Å². The first-order valence-electron chi connectivity index (χ1n) is 13.9. The molecule has 3 aromatic carbocycles. The lowest BCUT2D eigenvalue weighted by Gasteiger charge is -2.39. The molecule has 0 spiro atoms. The van der Waals surface area contributed by atoms with Crippen LogP contribution in [0.2, 0.25) is 5.02 Å². The monoisotopic (exact) mass is 597 g/mol. The molecule has 5 rings (SSSR count). The SMILES string of the molecule is COc1cc2c(cc1OC(C)C)[C@H](c1ccc(Cl)cc1)N(c1ccc([C@](C)(O)C3CCS(=O)(=O)CC3)cc1)C(=O)C2. The van der Waals surface area contributed by atoms with Crippen molar-refractivity contribution in [2.75, 3.05) is 23.5 Å². The van der Waals surface area contributed by atoms with E-state index in [1.807, 2.05) is 74.5 Å². The fourth-order valence-electron chi connectivity index (χ4n) is 5.98. The van der Waals surface area contributed by atoms with Crippen molar-refractivity contribution in [2.24, 2.45) is 5.92 Å². The van der Waals surface area contributed by atoms with Crippen LogP contribution >= 0.6 is 11.6 Å². The van der Waals surface area contributed by atoms with E-state index < -0.39 is 21.5 Å².